The second kappa shape index (κ2) is 7.59. The number of aromatic nitrogens is 2. The van der Waals surface area contributed by atoms with Crippen molar-refractivity contribution in [2.45, 2.75) is 20.5 Å². The summed E-state index contributed by atoms with van der Waals surface area (Å²) in [6.45, 7) is 4.20. The van der Waals surface area contributed by atoms with Crippen LogP contribution in [0.2, 0.25) is 15.1 Å². The number of hydrogen-bond donors (Lipinski definition) is 0. The molecule has 0 radical (unpaired) electrons. The first kappa shape index (κ1) is 18.6. The molecule has 0 saturated heterocycles. The monoisotopic (exact) mass is 405 g/mol. The molecule has 26 heavy (non-hydrogen) atoms. The fraction of sp³-hybridized carbons (Fsp3) is 0.158. The highest BCUT2D eigenvalue weighted by molar-refractivity contribution is 6.34. The average Bonchev–Trinajstić information content (AvgIpc) is 2.86. The van der Waals surface area contributed by atoms with Gasteiger partial charge >= 0.3 is 0 Å². The minimum absolute atomic E-state index is 0.332. The highest BCUT2D eigenvalue weighted by atomic mass is 35.5. The second-order valence-corrected chi connectivity index (χ2v) is 7.01. The van der Waals surface area contributed by atoms with E-state index < -0.39 is 0 Å². The maximum Gasteiger partial charge on any atom is 0.122 e. The summed E-state index contributed by atoms with van der Waals surface area (Å²) in [5, 5.41) is 15.0. The highest BCUT2D eigenvalue weighted by Crippen LogP contribution is 2.27. The van der Waals surface area contributed by atoms with E-state index in [-0.39, 0.29) is 0 Å². The van der Waals surface area contributed by atoms with Crippen LogP contribution in [0.15, 0.2) is 36.4 Å². The Morgan fingerprint density at radius 1 is 1.08 bits per heavy atom. The molecule has 4 nitrogen and oxygen atoms in total. The van der Waals surface area contributed by atoms with Gasteiger partial charge in [0.25, 0.3) is 0 Å². The molecular weight excluding hydrogens is 393 g/mol. The van der Waals surface area contributed by atoms with E-state index in [4.69, 9.17) is 44.8 Å². The van der Waals surface area contributed by atoms with Crippen LogP contribution in [0.5, 0.6) is 5.75 Å². The SMILES string of the molecule is Cc1nn(-c2ccc(C#N)c(Cl)c2)c(C)c1COc1cc(Cl)cc(Cl)c1. The summed E-state index contributed by atoms with van der Waals surface area (Å²) >= 11 is 18.1. The molecule has 0 N–H and O–H groups in total. The molecule has 7 heteroatoms. The van der Waals surface area contributed by atoms with Crippen molar-refractivity contribution in [1.29, 1.82) is 5.26 Å². The molecule has 0 aliphatic rings. The number of aryl methyl sites for hydroxylation is 1. The van der Waals surface area contributed by atoms with Gasteiger partial charge in [-0.05, 0) is 50.2 Å². The van der Waals surface area contributed by atoms with E-state index in [2.05, 4.69) is 5.10 Å². The van der Waals surface area contributed by atoms with Crippen molar-refractivity contribution in [3.63, 3.8) is 0 Å². The average molecular weight is 407 g/mol. The van der Waals surface area contributed by atoms with Gasteiger partial charge in [-0.2, -0.15) is 10.4 Å². The molecule has 0 atom stereocenters. The van der Waals surface area contributed by atoms with E-state index in [1.165, 1.54) is 0 Å². The zero-order chi connectivity index (χ0) is 18.8. The van der Waals surface area contributed by atoms with Crippen molar-refractivity contribution < 1.29 is 4.74 Å². The van der Waals surface area contributed by atoms with Gasteiger partial charge in [0.15, 0.2) is 0 Å². The van der Waals surface area contributed by atoms with E-state index in [9.17, 15) is 0 Å². The van der Waals surface area contributed by atoms with Crippen molar-refractivity contribution in [1.82, 2.24) is 9.78 Å². The molecule has 0 spiro atoms. The first-order valence-electron chi connectivity index (χ1n) is 7.73. The fourth-order valence-electron chi connectivity index (χ4n) is 2.63. The standard InChI is InChI=1S/C19H14Cl3N3O/c1-11-18(10-26-17-6-14(20)5-15(21)7-17)12(2)25(24-11)16-4-3-13(9-23)19(22)8-16/h3-8H,10H2,1-2H3. The lowest BCUT2D eigenvalue weighted by atomic mass is 10.2. The summed E-state index contributed by atoms with van der Waals surface area (Å²) in [6, 6.07) is 12.3. The van der Waals surface area contributed by atoms with Crippen LogP contribution in [-0.2, 0) is 6.61 Å². The summed E-state index contributed by atoms with van der Waals surface area (Å²) in [4.78, 5) is 0. The van der Waals surface area contributed by atoms with Gasteiger partial charge in [-0.15, -0.1) is 0 Å². The fourth-order valence-corrected chi connectivity index (χ4v) is 3.35. The first-order valence-corrected chi connectivity index (χ1v) is 8.86. The number of hydrogen-bond acceptors (Lipinski definition) is 3. The zero-order valence-electron chi connectivity index (χ0n) is 14.1. The minimum Gasteiger partial charge on any atom is -0.489 e. The van der Waals surface area contributed by atoms with Gasteiger partial charge in [-0.25, -0.2) is 4.68 Å². The number of nitrogens with zero attached hydrogens (tertiary/aromatic N) is 3. The van der Waals surface area contributed by atoms with Crippen LogP contribution in [0.4, 0.5) is 0 Å². The first-order chi connectivity index (χ1) is 12.4. The number of benzene rings is 2. The Hall–Kier alpha value is -2.19. The molecule has 0 aliphatic heterocycles. The number of ether oxygens (including phenoxy) is 1. The van der Waals surface area contributed by atoms with Gasteiger partial charge in [0, 0.05) is 21.3 Å². The van der Waals surface area contributed by atoms with Crippen LogP contribution < -0.4 is 4.74 Å². The van der Waals surface area contributed by atoms with Gasteiger partial charge in [-0.1, -0.05) is 34.8 Å². The number of halogens is 3. The smallest absolute Gasteiger partial charge is 0.122 e. The van der Waals surface area contributed by atoms with Crippen molar-refractivity contribution in [2.24, 2.45) is 0 Å². The maximum absolute atomic E-state index is 9.01. The number of rotatable bonds is 4. The Morgan fingerprint density at radius 3 is 2.38 bits per heavy atom. The normalized spacial score (nSPS) is 10.6. The summed E-state index contributed by atoms with van der Waals surface area (Å²) < 4.78 is 7.62. The van der Waals surface area contributed by atoms with Gasteiger partial charge in [0.1, 0.15) is 18.4 Å². The van der Waals surface area contributed by atoms with Crippen molar-refractivity contribution in [2.75, 3.05) is 0 Å². The predicted molar refractivity (Wildman–Crippen MR) is 104 cm³/mol. The predicted octanol–water partition coefficient (Wildman–Crippen LogP) is 5.90. The lowest BCUT2D eigenvalue weighted by molar-refractivity contribution is 0.304. The molecule has 0 bridgehead atoms. The molecule has 0 aliphatic carbocycles. The van der Waals surface area contributed by atoms with Crippen molar-refractivity contribution >= 4 is 34.8 Å². The molecule has 3 rings (SSSR count). The van der Waals surface area contributed by atoms with Gasteiger partial charge in [0.2, 0.25) is 0 Å². The molecule has 0 saturated carbocycles. The molecular formula is C19H14Cl3N3O. The van der Waals surface area contributed by atoms with Gasteiger partial charge < -0.3 is 4.74 Å². The summed E-state index contributed by atoms with van der Waals surface area (Å²) in [6.07, 6.45) is 0. The second-order valence-electron chi connectivity index (χ2n) is 5.73. The Morgan fingerprint density at radius 2 is 1.77 bits per heavy atom. The van der Waals surface area contributed by atoms with Gasteiger partial charge in [-0.3, -0.25) is 0 Å². The Labute approximate surface area is 166 Å². The largest absolute Gasteiger partial charge is 0.489 e. The lowest BCUT2D eigenvalue weighted by Gasteiger charge is -2.09. The number of nitriles is 1. The van der Waals surface area contributed by atoms with Crippen molar-refractivity contribution in [3.8, 4) is 17.5 Å². The zero-order valence-corrected chi connectivity index (χ0v) is 16.3. The molecule has 0 fully saturated rings. The summed E-state index contributed by atoms with van der Waals surface area (Å²) in [7, 11) is 0. The van der Waals surface area contributed by atoms with Crippen LogP contribution in [0, 0.1) is 25.2 Å². The molecule has 0 amide bonds. The third-order valence-electron chi connectivity index (χ3n) is 3.98. The van der Waals surface area contributed by atoms with Crippen LogP contribution in [0.3, 0.4) is 0 Å². The third-order valence-corrected chi connectivity index (χ3v) is 4.73. The highest BCUT2D eigenvalue weighted by Gasteiger charge is 2.15. The Kier molecular flexibility index (Phi) is 5.43. The van der Waals surface area contributed by atoms with E-state index >= 15 is 0 Å². The lowest BCUT2D eigenvalue weighted by Crippen LogP contribution is -2.01. The molecule has 132 valence electrons. The summed E-state index contributed by atoms with van der Waals surface area (Å²) in [5.41, 5.74) is 3.94. The molecule has 0 unspecified atom stereocenters. The van der Waals surface area contributed by atoms with Crippen molar-refractivity contribution in [3.05, 3.63) is 74.0 Å². The van der Waals surface area contributed by atoms with Gasteiger partial charge in [0.05, 0.1) is 22.0 Å². The van der Waals surface area contributed by atoms with E-state index in [1.807, 2.05) is 26.0 Å². The van der Waals surface area contributed by atoms with E-state index in [0.717, 1.165) is 22.6 Å². The van der Waals surface area contributed by atoms with Crippen LogP contribution in [-0.4, -0.2) is 9.78 Å². The van der Waals surface area contributed by atoms with Crippen LogP contribution in [0.25, 0.3) is 5.69 Å². The van der Waals surface area contributed by atoms with Crippen LogP contribution >= 0.6 is 34.8 Å². The Bertz CT molecular complexity index is 1000. The minimum atomic E-state index is 0.332. The third kappa shape index (κ3) is 3.81. The van der Waals surface area contributed by atoms with E-state index in [1.54, 1.807) is 35.0 Å². The quantitative estimate of drug-likeness (QED) is 0.542. The maximum atomic E-state index is 9.01. The van der Waals surface area contributed by atoms with Crippen LogP contribution in [0.1, 0.15) is 22.5 Å². The van der Waals surface area contributed by atoms with E-state index in [0.29, 0.717) is 33.0 Å². The molecule has 3 aromatic rings. The Balaban J connectivity index is 1.88. The molecule has 1 heterocycles. The molecule has 2 aromatic carbocycles. The summed E-state index contributed by atoms with van der Waals surface area (Å²) in [5.74, 6) is 0.593. The topological polar surface area (TPSA) is 50.8 Å². The molecule has 1 aromatic heterocycles.